The zero-order chi connectivity index (χ0) is 34.1. The van der Waals surface area contributed by atoms with Gasteiger partial charge in [0.2, 0.25) is 5.91 Å². The molecule has 0 aliphatic carbocycles. The molecule has 1 amide bonds. The van der Waals surface area contributed by atoms with Crippen molar-refractivity contribution in [3.63, 3.8) is 0 Å². The van der Waals surface area contributed by atoms with Crippen LogP contribution in [0.25, 0.3) is 43.9 Å². The summed E-state index contributed by atoms with van der Waals surface area (Å²) in [6.07, 6.45) is 2.55. The van der Waals surface area contributed by atoms with Crippen LogP contribution in [-0.2, 0) is 16.1 Å². The molecule has 0 radical (unpaired) electrons. The van der Waals surface area contributed by atoms with E-state index in [0.717, 1.165) is 52.8 Å². The average molecular weight is 686 g/mol. The molecule has 9 nitrogen and oxygen atoms in total. The Hall–Kier alpha value is -4.65. The molecule has 5 aromatic rings. The standard InChI is InChI=1S/C37H37F2N5O4S/c1-4-32(45)43-13-14-44-30(23(43)2)22-29(41-44)36-34(33-28(39)20-25(38)21-31(33)48-18-17-46-3)37-27(10-19-49-37)35(40-36)24-6-8-26(9-7-24)47-16-15-42-11-5-12-42/h4,6-10,19-23H,1,5,11-18H2,2-3H3/t23-/m1/s1. The van der Waals surface area contributed by atoms with E-state index in [2.05, 4.69) is 11.5 Å². The first-order valence-electron chi connectivity index (χ1n) is 16.4. The van der Waals surface area contributed by atoms with Crippen LogP contribution in [0.4, 0.5) is 8.78 Å². The number of fused-ring (bicyclic) bond motifs is 2. The molecule has 1 saturated heterocycles. The van der Waals surface area contributed by atoms with Gasteiger partial charge in [-0.1, -0.05) is 6.58 Å². The number of hydrogen-bond acceptors (Lipinski definition) is 8. The molecule has 5 heterocycles. The largest absolute Gasteiger partial charge is 0.492 e. The van der Waals surface area contributed by atoms with Crippen LogP contribution < -0.4 is 9.47 Å². The number of amides is 1. The van der Waals surface area contributed by atoms with Crippen molar-refractivity contribution >= 4 is 27.3 Å². The van der Waals surface area contributed by atoms with Crippen molar-refractivity contribution in [2.24, 2.45) is 0 Å². The zero-order valence-electron chi connectivity index (χ0n) is 27.5. The summed E-state index contributed by atoms with van der Waals surface area (Å²) in [4.78, 5) is 21.9. The SMILES string of the molecule is C=CC(=O)N1CCn2nc(-c3nc(-c4ccc(OCCN5CCC5)cc4)c4ccsc4c3-c3c(F)cc(F)cc3OCCOC)cc2[C@H]1C. The number of pyridine rings is 1. The maximum Gasteiger partial charge on any atom is 0.246 e. The van der Waals surface area contributed by atoms with Gasteiger partial charge in [-0.3, -0.25) is 14.4 Å². The Morgan fingerprint density at radius 3 is 2.55 bits per heavy atom. The molecule has 2 aliphatic rings. The number of benzene rings is 2. The van der Waals surface area contributed by atoms with E-state index in [1.54, 1.807) is 4.90 Å². The molecule has 0 N–H and O–H groups in total. The lowest BCUT2D eigenvalue weighted by Gasteiger charge is -2.33. The van der Waals surface area contributed by atoms with Crippen molar-refractivity contribution in [2.75, 3.05) is 53.1 Å². The molecule has 0 bridgehead atoms. The fourth-order valence-corrected chi connectivity index (χ4v) is 7.40. The van der Waals surface area contributed by atoms with E-state index in [1.807, 2.05) is 53.4 Å². The highest BCUT2D eigenvalue weighted by Gasteiger charge is 2.31. The van der Waals surface area contributed by atoms with Crippen molar-refractivity contribution in [1.82, 2.24) is 24.6 Å². The highest BCUT2D eigenvalue weighted by atomic mass is 32.1. The van der Waals surface area contributed by atoms with Crippen LogP contribution in [0.3, 0.4) is 0 Å². The lowest BCUT2D eigenvalue weighted by Crippen LogP contribution is -2.40. The van der Waals surface area contributed by atoms with E-state index in [9.17, 15) is 9.18 Å². The van der Waals surface area contributed by atoms with E-state index < -0.39 is 11.6 Å². The van der Waals surface area contributed by atoms with E-state index in [1.165, 1.54) is 37.0 Å². The number of thiophene rings is 1. The Bertz CT molecular complexity index is 2010. The molecule has 254 valence electrons. The Morgan fingerprint density at radius 1 is 1.00 bits per heavy atom. The number of likely N-dealkylation sites (tertiary alicyclic amines) is 1. The van der Waals surface area contributed by atoms with E-state index >= 15 is 4.39 Å². The molecule has 12 heteroatoms. The summed E-state index contributed by atoms with van der Waals surface area (Å²) in [5, 5.41) is 7.68. The number of methoxy groups -OCH3 is 1. The molecule has 0 saturated carbocycles. The van der Waals surface area contributed by atoms with E-state index in [4.69, 9.17) is 24.3 Å². The number of halogens is 2. The van der Waals surface area contributed by atoms with Crippen LogP contribution in [-0.4, -0.2) is 83.6 Å². The summed E-state index contributed by atoms with van der Waals surface area (Å²) in [6, 6.07) is 13.4. The van der Waals surface area contributed by atoms with Gasteiger partial charge in [-0.25, -0.2) is 13.8 Å². The normalized spacial score (nSPS) is 16.0. The molecular weight excluding hydrogens is 649 g/mol. The monoisotopic (exact) mass is 685 g/mol. The lowest BCUT2D eigenvalue weighted by atomic mass is 9.96. The molecule has 2 aromatic carbocycles. The molecule has 1 atom stereocenters. The van der Waals surface area contributed by atoms with Gasteiger partial charge in [0.1, 0.15) is 47.7 Å². The molecule has 0 spiro atoms. The summed E-state index contributed by atoms with van der Waals surface area (Å²) in [7, 11) is 1.53. The van der Waals surface area contributed by atoms with Crippen molar-refractivity contribution < 1.29 is 27.8 Å². The summed E-state index contributed by atoms with van der Waals surface area (Å²) in [5.41, 5.74) is 3.81. The minimum absolute atomic E-state index is 0.0416. The average Bonchev–Trinajstić information content (AvgIpc) is 3.74. The number of hydrogen-bond donors (Lipinski definition) is 0. The third-order valence-corrected chi connectivity index (χ3v) is 10.1. The third-order valence-electron chi connectivity index (χ3n) is 9.13. The molecule has 49 heavy (non-hydrogen) atoms. The summed E-state index contributed by atoms with van der Waals surface area (Å²) < 4.78 is 50.4. The number of ether oxygens (including phenoxy) is 3. The fraction of sp³-hybridized carbons (Fsp3) is 0.324. The third kappa shape index (κ3) is 6.43. The Balaban J connectivity index is 1.37. The second-order valence-corrected chi connectivity index (χ2v) is 13.0. The number of carbonyl (C=O) groups is 1. The second kappa shape index (κ2) is 14.1. The van der Waals surface area contributed by atoms with E-state index in [-0.39, 0.29) is 36.5 Å². The summed E-state index contributed by atoms with van der Waals surface area (Å²) in [5.74, 6) is -0.893. The molecular formula is C37H37F2N5O4S. The quantitative estimate of drug-likeness (QED) is 0.104. The zero-order valence-corrected chi connectivity index (χ0v) is 28.3. The van der Waals surface area contributed by atoms with Crippen LogP contribution in [0.2, 0.25) is 0 Å². The van der Waals surface area contributed by atoms with Crippen LogP contribution >= 0.6 is 11.3 Å². The number of carbonyl (C=O) groups excluding carboxylic acids is 1. The predicted octanol–water partition coefficient (Wildman–Crippen LogP) is 6.97. The number of rotatable bonds is 12. The van der Waals surface area contributed by atoms with Gasteiger partial charge in [0.25, 0.3) is 0 Å². The van der Waals surface area contributed by atoms with Crippen LogP contribution in [0.5, 0.6) is 11.5 Å². The van der Waals surface area contributed by atoms with Gasteiger partial charge in [0, 0.05) is 53.5 Å². The molecule has 3 aromatic heterocycles. The molecule has 0 unspecified atom stereocenters. The van der Waals surface area contributed by atoms with Gasteiger partial charge in [0.15, 0.2) is 0 Å². The van der Waals surface area contributed by atoms with Gasteiger partial charge >= 0.3 is 0 Å². The molecule has 1 fully saturated rings. The Morgan fingerprint density at radius 2 is 1.82 bits per heavy atom. The minimum atomic E-state index is -0.780. The van der Waals surface area contributed by atoms with Gasteiger partial charge < -0.3 is 19.1 Å². The van der Waals surface area contributed by atoms with Crippen LogP contribution in [0, 0.1) is 11.6 Å². The molecule has 2 aliphatic heterocycles. The number of nitrogens with zero attached hydrogens (tertiary/aromatic N) is 5. The number of aromatic nitrogens is 3. The first-order valence-corrected chi connectivity index (χ1v) is 17.2. The topological polar surface area (TPSA) is 82.0 Å². The second-order valence-electron chi connectivity index (χ2n) is 12.1. The van der Waals surface area contributed by atoms with Crippen LogP contribution in [0.1, 0.15) is 25.1 Å². The van der Waals surface area contributed by atoms with Gasteiger partial charge in [-0.2, -0.15) is 5.10 Å². The maximum absolute atomic E-state index is 16.1. The minimum Gasteiger partial charge on any atom is -0.492 e. The summed E-state index contributed by atoms with van der Waals surface area (Å²) in [6.45, 7) is 10.6. The van der Waals surface area contributed by atoms with Crippen molar-refractivity contribution in [1.29, 1.82) is 0 Å². The molecule has 7 rings (SSSR count). The first-order chi connectivity index (χ1) is 23.9. The van der Waals surface area contributed by atoms with E-state index in [0.29, 0.717) is 42.3 Å². The highest BCUT2D eigenvalue weighted by Crippen LogP contribution is 2.47. The predicted molar refractivity (Wildman–Crippen MR) is 186 cm³/mol. The van der Waals surface area contributed by atoms with Crippen molar-refractivity contribution in [3.8, 4) is 45.3 Å². The first kappa shape index (κ1) is 32.9. The van der Waals surface area contributed by atoms with Gasteiger partial charge in [0.05, 0.1) is 36.1 Å². The van der Waals surface area contributed by atoms with Crippen molar-refractivity contribution in [3.05, 3.63) is 83.9 Å². The van der Waals surface area contributed by atoms with Crippen molar-refractivity contribution in [2.45, 2.75) is 25.9 Å². The lowest BCUT2D eigenvalue weighted by molar-refractivity contribution is -0.129. The highest BCUT2D eigenvalue weighted by molar-refractivity contribution is 7.18. The smallest absolute Gasteiger partial charge is 0.246 e. The van der Waals surface area contributed by atoms with Crippen LogP contribution in [0.15, 0.2) is 66.6 Å². The van der Waals surface area contributed by atoms with Gasteiger partial charge in [-0.15, -0.1) is 11.3 Å². The summed E-state index contributed by atoms with van der Waals surface area (Å²) >= 11 is 1.44. The Kier molecular flexibility index (Phi) is 9.44. The Labute approximate surface area is 287 Å². The van der Waals surface area contributed by atoms with Gasteiger partial charge in [-0.05, 0) is 74.3 Å². The fourth-order valence-electron chi connectivity index (χ4n) is 6.45. The maximum atomic E-state index is 16.1.